The van der Waals surface area contributed by atoms with E-state index in [1.165, 1.54) is 29.5 Å². The highest BCUT2D eigenvalue weighted by molar-refractivity contribution is 6.05. The van der Waals surface area contributed by atoms with Crippen LogP contribution in [-0.2, 0) is 5.41 Å². The molecule has 1 nitrogen and oxygen atoms in total. The van der Waals surface area contributed by atoms with Gasteiger partial charge >= 0.3 is 0 Å². The van der Waals surface area contributed by atoms with Crippen molar-refractivity contribution in [3.05, 3.63) is 34.4 Å². The van der Waals surface area contributed by atoms with Crippen LogP contribution < -0.4 is 0 Å². The number of rotatable bonds is 0. The molecule has 2 unspecified atom stereocenters. The molecule has 1 aromatic carbocycles. The van der Waals surface area contributed by atoms with Gasteiger partial charge in [0.2, 0.25) is 0 Å². The second kappa shape index (κ2) is 3.71. The van der Waals surface area contributed by atoms with Crippen molar-refractivity contribution in [3.8, 4) is 0 Å². The van der Waals surface area contributed by atoms with Gasteiger partial charge in [0.25, 0.3) is 0 Å². The summed E-state index contributed by atoms with van der Waals surface area (Å²) in [4.78, 5) is 12.9. The Morgan fingerprint density at radius 1 is 1.05 bits per heavy atom. The van der Waals surface area contributed by atoms with Crippen LogP contribution in [0.5, 0.6) is 0 Å². The van der Waals surface area contributed by atoms with Crippen LogP contribution in [0.3, 0.4) is 0 Å². The van der Waals surface area contributed by atoms with Crippen LogP contribution in [0.2, 0.25) is 0 Å². The summed E-state index contributed by atoms with van der Waals surface area (Å²) in [7, 11) is 0. The largest absolute Gasteiger partial charge is 0.294 e. The topological polar surface area (TPSA) is 17.1 Å². The standard InChI is InChI=1S/C18H24O/c1-11-9-13-14(10-12(11)2)18(5)8-6-7-17(3,4)16(18)15(13)19/h9-10,16H,6-8H2,1-5H3. The molecule has 0 spiro atoms. The van der Waals surface area contributed by atoms with Gasteiger partial charge in [-0.1, -0.05) is 33.3 Å². The first-order chi connectivity index (χ1) is 8.77. The zero-order valence-electron chi connectivity index (χ0n) is 12.8. The monoisotopic (exact) mass is 256 g/mol. The highest BCUT2D eigenvalue weighted by Crippen LogP contribution is 2.58. The number of benzene rings is 1. The minimum Gasteiger partial charge on any atom is -0.294 e. The molecule has 1 fully saturated rings. The van der Waals surface area contributed by atoms with Gasteiger partial charge in [-0.2, -0.15) is 0 Å². The third-order valence-corrected chi connectivity index (χ3v) is 5.71. The van der Waals surface area contributed by atoms with Gasteiger partial charge in [0.15, 0.2) is 5.78 Å². The van der Waals surface area contributed by atoms with Crippen LogP contribution in [0, 0.1) is 25.2 Å². The Morgan fingerprint density at radius 2 is 1.68 bits per heavy atom. The van der Waals surface area contributed by atoms with Gasteiger partial charge in [0, 0.05) is 16.9 Å². The molecule has 19 heavy (non-hydrogen) atoms. The molecule has 1 heteroatoms. The van der Waals surface area contributed by atoms with Crippen molar-refractivity contribution in [1.29, 1.82) is 0 Å². The van der Waals surface area contributed by atoms with Crippen molar-refractivity contribution in [3.63, 3.8) is 0 Å². The van der Waals surface area contributed by atoms with E-state index in [2.05, 4.69) is 46.8 Å². The van der Waals surface area contributed by atoms with E-state index < -0.39 is 0 Å². The SMILES string of the molecule is Cc1cc2c(cc1C)C1(C)CCCC(C)(C)C1C2=O. The maximum atomic E-state index is 12.9. The predicted octanol–water partition coefficient (Wildman–Crippen LogP) is 4.58. The van der Waals surface area contributed by atoms with Gasteiger partial charge in [-0.15, -0.1) is 0 Å². The van der Waals surface area contributed by atoms with Gasteiger partial charge in [-0.05, 0) is 54.9 Å². The van der Waals surface area contributed by atoms with Crippen molar-refractivity contribution in [2.45, 2.75) is 59.3 Å². The third-order valence-electron chi connectivity index (χ3n) is 5.71. The fourth-order valence-corrected chi connectivity index (χ4v) is 4.64. The van der Waals surface area contributed by atoms with E-state index in [0.717, 1.165) is 12.0 Å². The number of ketones is 1. The van der Waals surface area contributed by atoms with Gasteiger partial charge in [0.1, 0.15) is 0 Å². The summed E-state index contributed by atoms with van der Waals surface area (Å²) < 4.78 is 0. The smallest absolute Gasteiger partial charge is 0.167 e. The summed E-state index contributed by atoms with van der Waals surface area (Å²) >= 11 is 0. The molecular weight excluding hydrogens is 232 g/mol. The lowest BCUT2D eigenvalue weighted by atomic mass is 9.56. The third kappa shape index (κ3) is 1.57. The number of fused-ring (bicyclic) bond motifs is 3. The minimum absolute atomic E-state index is 0.0621. The Morgan fingerprint density at radius 3 is 2.37 bits per heavy atom. The molecule has 0 heterocycles. The summed E-state index contributed by atoms with van der Waals surface area (Å²) in [5, 5.41) is 0. The Hall–Kier alpha value is -1.11. The fraction of sp³-hybridized carbons (Fsp3) is 0.611. The highest BCUT2D eigenvalue weighted by atomic mass is 16.1. The molecule has 0 aliphatic heterocycles. The Kier molecular flexibility index (Phi) is 2.52. The summed E-state index contributed by atoms with van der Waals surface area (Å²) in [6.07, 6.45) is 3.56. The summed E-state index contributed by atoms with van der Waals surface area (Å²) in [5.41, 5.74) is 5.07. The van der Waals surface area contributed by atoms with Crippen LogP contribution in [0.25, 0.3) is 0 Å². The van der Waals surface area contributed by atoms with Crippen LogP contribution in [-0.4, -0.2) is 5.78 Å². The lowest BCUT2D eigenvalue weighted by Gasteiger charge is -2.46. The molecule has 2 aliphatic rings. The minimum atomic E-state index is 0.0621. The van der Waals surface area contributed by atoms with E-state index in [9.17, 15) is 4.79 Å². The molecule has 0 N–H and O–H groups in total. The molecule has 0 amide bonds. The zero-order chi connectivity index (χ0) is 14.0. The van der Waals surface area contributed by atoms with Gasteiger partial charge < -0.3 is 0 Å². The van der Waals surface area contributed by atoms with Crippen LogP contribution in [0.15, 0.2) is 12.1 Å². The van der Waals surface area contributed by atoms with Gasteiger partial charge in [-0.25, -0.2) is 0 Å². The maximum absolute atomic E-state index is 12.9. The average molecular weight is 256 g/mol. The summed E-state index contributed by atoms with van der Waals surface area (Å²) in [5.74, 6) is 0.565. The molecule has 2 aliphatic carbocycles. The molecule has 0 aromatic heterocycles. The molecule has 0 bridgehead atoms. The van der Waals surface area contributed by atoms with Gasteiger partial charge in [0.05, 0.1) is 0 Å². The Balaban J connectivity index is 2.25. The second-order valence-corrected chi connectivity index (χ2v) is 7.54. The van der Waals surface area contributed by atoms with Crippen molar-refractivity contribution in [1.82, 2.24) is 0 Å². The quantitative estimate of drug-likeness (QED) is 0.664. The molecule has 1 saturated carbocycles. The number of carbonyl (C=O) groups excluding carboxylic acids is 1. The molecule has 0 radical (unpaired) electrons. The molecule has 1 aromatic rings. The van der Waals surface area contributed by atoms with E-state index >= 15 is 0 Å². The van der Waals surface area contributed by atoms with E-state index in [1.807, 2.05) is 0 Å². The molecule has 0 saturated heterocycles. The van der Waals surface area contributed by atoms with Crippen LogP contribution >= 0.6 is 0 Å². The maximum Gasteiger partial charge on any atom is 0.167 e. The van der Waals surface area contributed by atoms with Crippen molar-refractivity contribution >= 4 is 5.78 Å². The van der Waals surface area contributed by atoms with Crippen LogP contribution in [0.4, 0.5) is 0 Å². The van der Waals surface area contributed by atoms with E-state index in [1.54, 1.807) is 0 Å². The second-order valence-electron chi connectivity index (χ2n) is 7.54. The first kappa shape index (κ1) is 12.9. The number of aryl methyl sites for hydroxylation is 2. The highest BCUT2D eigenvalue weighted by Gasteiger charge is 2.56. The molecular formula is C18H24O. The molecule has 102 valence electrons. The van der Waals surface area contributed by atoms with Crippen molar-refractivity contribution in [2.75, 3.05) is 0 Å². The van der Waals surface area contributed by atoms with Crippen LogP contribution in [0.1, 0.15) is 67.1 Å². The summed E-state index contributed by atoms with van der Waals surface area (Å²) in [6.45, 7) is 11.1. The Bertz CT molecular complexity index is 567. The first-order valence-corrected chi connectivity index (χ1v) is 7.43. The normalized spacial score (nSPS) is 32.1. The molecule has 2 atom stereocenters. The van der Waals surface area contributed by atoms with E-state index in [0.29, 0.717) is 5.78 Å². The lowest BCUT2D eigenvalue weighted by Crippen LogP contribution is -2.44. The summed E-state index contributed by atoms with van der Waals surface area (Å²) in [6, 6.07) is 4.41. The van der Waals surface area contributed by atoms with Crippen molar-refractivity contribution < 1.29 is 4.79 Å². The number of hydrogen-bond donors (Lipinski definition) is 0. The fourth-order valence-electron chi connectivity index (χ4n) is 4.64. The average Bonchev–Trinajstić information content (AvgIpc) is 2.50. The number of hydrogen-bond acceptors (Lipinski definition) is 1. The predicted molar refractivity (Wildman–Crippen MR) is 78.7 cm³/mol. The first-order valence-electron chi connectivity index (χ1n) is 7.43. The van der Waals surface area contributed by atoms with E-state index in [-0.39, 0.29) is 16.7 Å². The molecule has 3 rings (SSSR count). The zero-order valence-corrected chi connectivity index (χ0v) is 12.8. The van der Waals surface area contributed by atoms with Crippen molar-refractivity contribution in [2.24, 2.45) is 11.3 Å². The number of Topliss-reactive ketones (excluding diaryl/α,β-unsaturated/α-hetero) is 1. The van der Waals surface area contributed by atoms with E-state index in [4.69, 9.17) is 0 Å². The Labute approximate surface area is 116 Å². The van der Waals surface area contributed by atoms with Gasteiger partial charge in [-0.3, -0.25) is 4.79 Å². The number of carbonyl (C=O) groups is 1. The lowest BCUT2D eigenvalue weighted by molar-refractivity contribution is 0.0500.